The van der Waals surface area contributed by atoms with E-state index in [9.17, 15) is 4.79 Å². The maximum absolute atomic E-state index is 10.8. The Morgan fingerprint density at radius 1 is 1.62 bits per heavy atom. The van der Waals surface area contributed by atoms with Crippen molar-refractivity contribution in [2.45, 2.75) is 26.8 Å². The van der Waals surface area contributed by atoms with Crippen molar-refractivity contribution in [2.75, 3.05) is 0 Å². The Morgan fingerprint density at radius 2 is 2.31 bits per heavy atom. The lowest BCUT2D eigenvalue weighted by molar-refractivity contribution is 0.111. The summed E-state index contributed by atoms with van der Waals surface area (Å²) in [6.45, 7) is 8.44. The SMILES string of the molecule is C=CCn1c(C)cc(CC)c1C=O. The van der Waals surface area contributed by atoms with Crippen molar-refractivity contribution >= 4 is 6.29 Å². The summed E-state index contributed by atoms with van der Waals surface area (Å²) in [6, 6.07) is 2.06. The van der Waals surface area contributed by atoms with Crippen LogP contribution < -0.4 is 0 Å². The molecule has 0 N–H and O–H groups in total. The number of aryl methyl sites for hydroxylation is 2. The fourth-order valence-corrected chi connectivity index (χ4v) is 1.56. The first-order valence-electron chi connectivity index (χ1n) is 4.49. The fraction of sp³-hybridized carbons (Fsp3) is 0.364. The Balaban J connectivity index is 3.21. The molecule has 0 aromatic carbocycles. The van der Waals surface area contributed by atoms with Gasteiger partial charge in [0.2, 0.25) is 0 Å². The molecule has 0 bridgehead atoms. The Kier molecular flexibility index (Phi) is 3.07. The molecule has 0 saturated heterocycles. The lowest BCUT2D eigenvalue weighted by atomic mass is 10.2. The molecule has 0 aliphatic heterocycles. The smallest absolute Gasteiger partial charge is 0.166 e. The molecule has 0 atom stereocenters. The molecule has 70 valence electrons. The predicted molar refractivity (Wildman–Crippen MR) is 54.1 cm³/mol. The van der Waals surface area contributed by atoms with Crippen molar-refractivity contribution in [1.82, 2.24) is 4.57 Å². The highest BCUT2D eigenvalue weighted by atomic mass is 16.1. The molecule has 1 aromatic rings. The summed E-state index contributed by atoms with van der Waals surface area (Å²) in [4.78, 5) is 10.8. The van der Waals surface area contributed by atoms with Crippen LogP contribution in [0.5, 0.6) is 0 Å². The molecular formula is C11H15NO. The van der Waals surface area contributed by atoms with E-state index in [2.05, 4.69) is 19.6 Å². The van der Waals surface area contributed by atoms with E-state index in [-0.39, 0.29) is 0 Å². The van der Waals surface area contributed by atoms with Gasteiger partial charge in [-0.05, 0) is 25.0 Å². The van der Waals surface area contributed by atoms with E-state index in [0.29, 0.717) is 6.54 Å². The minimum absolute atomic E-state index is 0.708. The van der Waals surface area contributed by atoms with Crippen LogP contribution in [0.25, 0.3) is 0 Å². The molecule has 0 radical (unpaired) electrons. The van der Waals surface area contributed by atoms with Crippen molar-refractivity contribution in [3.63, 3.8) is 0 Å². The van der Waals surface area contributed by atoms with Gasteiger partial charge in [-0.15, -0.1) is 6.58 Å². The molecule has 2 heteroatoms. The van der Waals surface area contributed by atoms with E-state index in [1.165, 1.54) is 0 Å². The van der Waals surface area contributed by atoms with E-state index >= 15 is 0 Å². The van der Waals surface area contributed by atoms with Crippen LogP contribution in [-0.2, 0) is 13.0 Å². The number of carbonyl (C=O) groups is 1. The Labute approximate surface area is 78.9 Å². The van der Waals surface area contributed by atoms with Gasteiger partial charge >= 0.3 is 0 Å². The maximum atomic E-state index is 10.8. The molecular weight excluding hydrogens is 162 g/mol. The molecule has 0 fully saturated rings. The number of hydrogen-bond donors (Lipinski definition) is 0. The third kappa shape index (κ3) is 1.72. The number of allylic oxidation sites excluding steroid dienone is 1. The van der Waals surface area contributed by atoms with E-state index in [0.717, 1.165) is 29.7 Å². The summed E-state index contributed by atoms with van der Waals surface area (Å²) in [5.74, 6) is 0. The summed E-state index contributed by atoms with van der Waals surface area (Å²) in [5.41, 5.74) is 3.04. The largest absolute Gasteiger partial charge is 0.339 e. The van der Waals surface area contributed by atoms with E-state index in [4.69, 9.17) is 0 Å². The topological polar surface area (TPSA) is 22.0 Å². The number of carbonyl (C=O) groups excluding carboxylic acids is 1. The highest BCUT2D eigenvalue weighted by Gasteiger charge is 2.08. The van der Waals surface area contributed by atoms with Crippen LogP contribution in [0.4, 0.5) is 0 Å². The summed E-state index contributed by atoms with van der Waals surface area (Å²) in [7, 11) is 0. The number of hydrogen-bond acceptors (Lipinski definition) is 1. The highest BCUT2D eigenvalue weighted by Crippen LogP contribution is 2.14. The number of nitrogens with zero attached hydrogens (tertiary/aromatic N) is 1. The summed E-state index contributed by atoms with van der Waals surface area (Å²) >= 11 is 0. The summed E-state index contributed by atoms with van der Waals surface area (Å²) in [5, 5.41) is 0. The average molecular weight is 177 g/mol. The van der Waals surface area contributed by atoms with E-state index in [1.54, 1.807) is 6.08 Å². The molecule has 0 amide bonds. The molecule has 13 heavy (non-hydrogen) atoms. The average Bonchev–Trinajstić information content (AvgIpc) is 2.44. The van der Waals surface area contributed by atoms with Gasteiger partial charge in [0.1, 0.15) is 0 Å². The summed E-state index contributed by atoms with van der Waals surface area (Å²) < 4.78 is 1.98. The molecule has 1 heterocycles. The first-order chi connectivity index (χ1) is 6.24. The van der Waals surface area contributed by atoms with Crippen molar-refractivity contribution in [3.8, 4) is 0 Å². The Bertz CT molecular complexity index is 323. The number of aromatic nitrogens is 1. The zero-order valence-corrected chi connectivity index (χ0v) is 8.21. The van der Waals surface area contributed by atoms with Crippen LogP contribution in [0.1, 0.15) is 28.7 Å². The van der Waals surface area contributed by atoms with Gasteiger partial charge < -0.3 is 4.57 Å². The minimum atomic E-state index is 0.708. The Hall–Kier alpha value is -1.31. The van der Waals surface area contributed by atoms with Gasteiger partial charge in [-0.25, -0.2) is 0 Å². The van der Waals surface area contributed by atoms with Crippen LogP contribution in [0.2, 0.25) is 0 Å². The van der Waals surface area contributed by atoms with Crippen molar-refractivity contribution in [3.05, 3.63) is 35.7 Å². The Morgan fingerprint density at radius 3 is 2.77 bits per heavy atom. The highest BCUT2D eigenvalue weighted by molar-refractivity contribution is 5.75. The number of aldehydes is 1. The monoisotopic (exact) mass is 177 g/mol. The van der Waals surface area contributed by atoms with Gasteiger partial charge in [0.05, 0.1) is 5.69 Å². The molecule has 0 saturated carbocycles. The zero-order chi connectivity index (χ0) is 9.84. The molecule has 0 aliphatic rings. The van der Waals surface area contributed by atoms with Gasteiger partial charge in [0.25, 0.3) is 0 Å². The van der Waals surface area contributed by atoms with Crippen molar-refractivity contribution in [1.29, 1.82) is 0 Å². The quantitative estimate of drug-likeness (QED) is 0.511. The van der Waals surface area contributed by atoms with E-state index in [1.807, 2.05) is 11.5 Å². The zero-order valence-electron chi connectivity index (χ0n) is 8.21. The molecule has 0 spiro atoms. The standard InChI is InChI=1S/C11H15NO/c1-4-6-12-9(3)7-10(5-2)11(12)8-13/h4,7-8H,1,5-6H2,2-3H3. The number of rotatable bonds is 4. The second-order valence-electron chi connectivity index (χ2n) is 3.07. The predicted octanol–water partition coefficient (Wildman–Crippen LogP) is 2.36. The lowest BCUT2D eigenvalue weighted by Crippen LogP contribution is -2.03. The van der Waals surface area contributed by atoms with Gasteiger partial charge in [-0.3, -0.25) is 4.79 Å². The first kappa shape index (κ1) is 9.78. The van der Waals surface area contributed by atoms with Crippen LogP contribution in [0.3, 0.4) is 0 Å². The van der Waals surface area contributed by atoms with Crippen LogP contribution in [0.15, 0.2) is 18.7 Å². The third-order valence-corrected chi connectivity index (χ3v) is 2.23. The van der Waals surface area contributed by atoms with Crippen LogP contribution >= 0.6 is 0 Å². The minimum Gasteiger partial charge on any atom is -0.339 e. The summed E-state index contributed by atoms with van der Waals surface area (Å²) in [6.07, 6.45) is 3.63. The fourth-order valence-electron chi connectivity index (χ4n) is 1.56. The van der Waals surface area contributed by atoms with E-state index < -0.39 is 0 Å². The molecule has 1 aromatic heterocycles. The molecule has 1 rings (SSSR count). The normalized spacial score (nSPS) is 10.0. The van der Waals surface area contributed by atoms with Crippen molar-refractivity contribution < 1.29 is 4.79 Å². The second kappa shape index (κ2) is 4.08. The van der Waals surface area contributed by atoms with Gasteiger partial charge in [-0.1, -0.05) is 13.0 Å². The second-order valence-corrected chi connectivity index (χ2v) is 3.07. The van der Waals surface area contributed by atoms with Crippen LogP contribution in [-0.4, -0.2) is 10.9 Å². The lowest BCUT2D eigenvalue weighted by Gasteiger charge is -2.04. The van der Waals surface area contributed by atoms with Gasteiger partial charge in [0, 0.05) is 12.2 Å². The van der Waals surface area contributed by atoms with Crippen LogP contribution in [0, 0.1) is 6.92 Å². The van der Waals surface area contributed by atoms with Gasteiger partial charge in [-0.2, -0.15) is 0 Å². The molecule has 0 aliphatic carbocycles. The van der Waals surface area contributed by atoms with Gasteiger partial charge in [0.15, 0.2) is 6.29 Å². The first-order valence-corrected chi connectivity index (χ1v) is 4.49. The van der Waals surface area contributed by atoms with Crippen molar-refractivity contribution in [2.24, 2.45) is 0 Å². The molecule has 0 unspecified atom stereocenters. The maximum Gasteiger partial charge on any atom is 0.166 e. The molecule has 2 nitrogen and oxygen atoms in total. The third-order valence-electron chi connectivity index (χ3n) is 2.23.